The van der Waals surface area contributed by atoms with Crippen molar-refractivity contribution in [1.82, 2.24) is 4.90 Å². The lowest BCUT2D eigenvalue weighted by molar-refractivity contribution is -0.114. The quantitative estimate of drug-likeness (QED) is 0.853. The molecule has 0 radical (unpaired) electrons. The molecule has 2 amide bonds. The molecule has 0 bridgehead atoms. The van der Waals surface area contributed by atoms with Crippen molar-refractivity contribution < 1.29 is 14.3 Å². The largest absolute Gasteiger partial charge is 0.378 e. The third kappa shape index (κ3) is 4.86. The predicted octanol–water partition coefficient (Wildman–Crippen LogP) is 2.83. The summed E-state index contributed by atoms with van der Waals surface area (Å²) in [5.74, 6) is -0.143. The molecule has 0 unspecified atom stereocenters. The molecule has 1 aliphatic heterocycles. The molecule has 2 N–H and O–H groups in total. The molecule has 0 spiro atoms. The van der Waals surface area contributed by atoms with Crippen LogP contribution in [-0.2, 0) is 9.53 Å². The van der Waals surface area contributed by atoms with E-state index in [0.717, 1.165) is 22.5 Å². The zero-order valence-corrected chi connectivity index (χ0v) is 15.7. The van der Waals surface area contributed by atoms with E-state index >= 15 is 0 Å². The molecule has 6 nitrogen and oxygen atoms in total. The number of amides is 2. The van der Waals surface area contributed by atoms with Crippen molar-refractivity contribution in [1.29, 1.82) is 0 Å². The number of carbonyl (C=O) groups is 2. The van der Waals surface area contributed by atoms with Crippen molar-refractivity contribution in [2.24, 2.45) is 0 Å². The Balaban J connectivity index is 1.58. The Morgan fingerprint density at radius 1 is 1.07 bits per heavy atom. The molecular weight excluding hydrogens is 342 g/mol. The molecule has 142 valence electrons. The smallest absolute Gasteiger partial charge is 0.254 e. The Morgan fingerprint density at radius 2 is 1.81 bits per heavy atom. The van der Waals surface area contributed by atoms with Gasteiger partial charge in [-0.05, 0) is 49.2 Å². The van der Waals surface area contributed by atoms with Gasteiger partial charge >= 0.3 is 0 Å². The van der Waals surface area contributed by atoms with Gasteiger partial charge in [-0.1, -0.05) is 18.2 Å². The summed E-state index contributed by atoms with van der Waals surface area (Å²) < 4.78 is 5.29. The summed E-state index contributed by atoms with van der Waals surface area (Å²) in [6, 6.07) is 13.1. The van der Waals surface area contributed by atoms with E-state index in [1.165, 1.54) is 0 Å². The molecule has 2 aromatic rings. The molecule has 27 heavy (non-hydrogen) atoms. The standard InChI is InChI=1S/C21H25N3O3/c1-15-5-3-8-19(16(15)2)23-20(25)14-22-18-7-4-6-17(13-18)21(26)24-9-11-27-12-10-24/h3-8,13,22H,9-12,14H2,1-2H3,(H,23,25). The molecule has 1 saturated heterocycles. The lowest BCUT2D eigenvalue weighted by atomic mass is 10.1. The minimum absolute atomic E-state index is 0.0122. The number of hydrogen-bond donors (Lipinski definition) is 2. The fraction of sp³-hybridized carbons (Fsp3) is 0.333. The number of ether oxygens (including phenoxy) is 1. The van der Waals surface area contributed by atoms with Crippen molar-refractivity contribution in [3.05, 3.63) is 59.2 Å². The summed E-state index contributed by atoms with van der Waals surface area (Å²) >= 11 is 0. The maximum Gasteiger partial charge on any atom is 0.254 e. The van der Waals surface area contributed by atoms with E-state index in [-0.39, 0.29) is 18.4 Å². The Morgan fingerprint density at radius 3 is 2.59 bits per heavy atom. The predicted molar refractivity (Wildman–Crippen MR) is 106 cm³/mol. The van der Waals surface area contributed by atoms with Gasteiger partial charge < -0.3 is 20.3 Å². The number of benzene rings is 2. The molecule has 6 heteroatoms. The van der Waals surface area contributed by atoms with Crippen LogP contribution in [0.2, 0.25) is 0 Å². The van der Waals surface area contributed by atoms with Crippen molar-refractivity contribution in [3.8, 4) is 0 Å². The Labute approximate surface area is 159 Å². The van der Waals surface area contributed by atoms with E-state index in [0.29, 0.717) is 31.9 Å². The van der Waals surface area contributed by atoms with Gasteiger partial charge in [-0.15, -0.1) is 0 Å². The molecule has 1 aliphatic rings. The average Bonchev–Trinajstić information content (AvgIpc) is 2.70. The zero-order chi connectivity index (χ0) is 19.2. The van der Waals surface area contributed by atoms with Crippen LogP contribution in [0, 0.1) is 13.8 Å². The number of morpholine rings is 1. The second-order valence-corrected chi connectivity index (χ2v) is 6.63. The van der Waals surface area contributed by atoms with Crippen molar-refractivity contribution >= 4 is 23.2 Å². The Hall–Kier alpha value is -2.86. The number of nitrogens with zero attached hydrogens (tertiary/aromatic N) is 1. The zero-order valence-electron chi connectivity index (χ0n) is 15.7. The average molecular weight is 367 g/mol. The molecule has 0 atom stereocenters. The summed E-state index contributed by atoms with van der Waals surface area (Å²) in [6.07, 6.45) is 0. The van der Waals surface area contributed by atoms with E-state index in [2.05, 4.69) is 10.6 Å². The minimum atomic E-state index is -0.131. The van der Waals surface area contributed by atoms with Gasteiger partial charge in [-0.3, -0.25) is 9.59 Å². The van der Waals surface area contributed by atoms with Crippen LogP contribution < -0.4 is 10.6 Å². The summed E-state index contributed by atoms with van der Waals surface area (Å²) in [5.41, 5.74) is 4.36. The number of anilines is 2. The molecule has 0 aliphatic carbocycles. The van der Waals surface area contributed by atoms with Gasteiger partial charge in [0.15, 0.2) is 0 Å². The van der Waals surface area contributed by atoms with Gasteiger partial charge in [0, 0.05) is 30.0 Å². The fourth-order valence-electron chi connectivity index (χ4n) is 2.97. The van der Waals surface area contributed by atoms with Crippen LogP contribution in [0.25, 0.3) is 0 Å². The fourth-order valence-corrected chi connectivity index (χ4v) is 2.97. The first kappa shape index (κ1) is 18.9. The van der Waals surface area contributed by atoms with Gasteiger partial charge in [0.25, 0.3) is 5.91 Å². The van der Waals surface area contributed by atoms with E-state index < -0.39 is 0 Å². The van der Waals surface area contributed by atoms with E-state index in [9.17, 15) is 9.59 Å². The van der Waals surface area contributed by atoms with E-state index in [1.54, 1.807) is 17.0 Å². The maximum atomic E-state index is 12.6. The molecule has 1 fully saturated rings. The summed E-state index contributed by atoms with van der Waals surface area (Å²) in [7, 11) is 0. The van der Waals surface area contributed by atoms with Gasteiger partial charge in [0.2, 0.25) is 5.91 Å². The SMILES string of the molecule is Cc1cccc(NC(=O)CNc2cccc(C(=O)N3CCOCC3)c2)c1C. The van der Waals surface area contributed by atoms with E-state index in [1.807, 2.05) is 44.2 Å². The van der Waals surface area contributed by atoms with Crippen LogP contribution in [0.1, 0.15) is 21.5 Å². The minimum Gasteiger partial charge on any atom is -0.378 e. The Bertz CT molecular complexity index is 829. The van der Waals surface area contributed by atoms with E-state index in [4.69, 9.17) is 4.74 Å². The van der Waals surface area contributed by atoms with Gasteiger partial charge in [0.1, 0.15) is 0 Å². The normalized spacial score (nSPS) is 13.9. The topological polar surface area (TPSA) is 70.7 Å². The number of carbonyl (C=O) groups excluding carboxylic acids is 2. The second-order valence-electron chi connectivity index (χ2n) is 6.63. The highest BCUT2D eigenvalue weighted by atomic mass is 16.5. The number of hydrogen-bond acceptors (Lipinski definition) is 4. The van der Waals surface area contributed by atoms with Crippen LogP contribution in [0.4, 0.5) is 11.4 Å². The summed E-state index contributed by atoms with van der Waals surface area (Å²) in [5, 5.41) is 6.01. The van der Waals surface area contributed by atoms with Crippen LogP contribution in [-0.4, -0.2) is 49.6 Å². The first-order chi connectivity index (χ1) is 13.0. The first-order valence-corrected chi connectivity index (χ1v) is 9.11. The lowest BCUT2D eigenvalue weighted by Gasteiger charge is -2.27. The van der Waals surface area contributed by atoms with Crippen molar-refractivity contribution in [2.45, 2.75) is 13.8 Å². The van der Waals surface area contributed by atoms with Gasteiger partial charge in [0.05, 0.1) is 19.8 Å². The summed E-state index contributed by atoms with van der Waals surface area (Å²) in [4.78, 5) is 26.6. The van der Waals surface area contributed by atoms with Crippen molar-refractivity contribution in [3.63, 3.8) is 0 Å². The number of nitrogens with one attached hydrogen (secondary N) is 2. The van der Waals surface area contributed by atoms with Crippen LogP contribution in [0.5, 0.6) is 0 Å². The molecule has 1 heterocycles. The van der Waals surface area contributed by atoms with Crippen LogP contribution in [0.3, 0.4) is 0 Å². The van der Waals surface area contributed by atoms with Gasteiger partial charge in [-0.2, -0.15) is 0 Å². The van der Waals surface area contributed by atoms with Crippen LogP contribution >= 0.6 is 0 Å². The first-order valence-electron chi connectivity index (χ1n) is 9.11. The summed E-state index contributed by atoms with van der Waals surface area (Å²) in [6.45, 7) is 6.48. The number of aryl methyl sites for hydroxylation is 1. The molecule has 2 aromatic carbocycles. The highest BCUT2D eigenvalue weighted by molar-refractivity contribution is 5.96. The third-order valence-corrected chi connectivity index (χ3v) is 4.74. The third-order valence-electron chi connectivity index (χ3n) is 4.74. The second kappa shape index (κ2) is 8.68. The molecular formula is C21H25N3O3. The molecule has 0 saturated carbocycles. The van der Waals surface area contributed by atoms with Crippen molar-refractivity contribution in [2.75, 3.05) is 43.5 Å². The monoisotopic (exact) mass is 367 g/mol. The Kier molecular flexibility index (Phi) is 6.08. The maximum absolute atomic E-state index is 12.6. The lowest BCUT2D eigenvalue weighted by Crippen LogP contribution is -2.40. The molecule has 0 aromatic heterocycles. The van der Waals surface area contributed by atoms with Gasteiger partial charge in [-0.25, -0.2) is 0 Å². The molecule has 3 rings (SSSR count). The van der Waals surface area contributed by atoms with Crippen LogP contribution in [0.15, 0.2) is 42.5 Å². The number of rotatable bonds is 5. The highest BCUT2D eigenvalue weighted by Gasteiger charge is 2.18. The highest BCUT2D eigenvalue weighted by Crippen LogP contribution is 2.18.